The smallest absolute Gasteiger partial charge is 0.251 e. The minimum atomic E-state index is -0.271. The molecule has 140 valence electrons. The summed E-state index contributed by atoms with van der Waals surface area (Å²) in [6, 6.07) is 17.0. The summed E-state index contributed by atoms with van der Waals surface area (Å²) < 4.78 is 1.75. The molecule has 0 aliphatic heterocycles. The molecule has 2 N–H and O–H groups in total. The lowest BCUT2D eigenvalue weighted by atomic mass is 10.2. The Morgan fingerprint density at radius 1 is 1.07 bits per heavy atom. The van der Waals surface area contributed by atoms with E-state index in [2.05, 4.69) is 15.7 Å². The van der Waals surface area contributed by atoms with E-state index in [9.17, 15) is 9.59 Å². The van der Waals surface area contributed by atoms with E-state index >= 15 is 0 Å². The zero-order chi connectivity index (χ0) is 19.3. The summed E-state index contributed by atoms with van der Waals surface area (Å²) in [5.41, 5.74) is 2.89. The van der Waals surface area contributed by atoms with E-state index < -0.39 is 0 Å². The van der Waals surface area contributed by atoms with E-state index in [0.29, 0.717) is 17.3 Å². The lowest BCUT2D eigenvalue weighted by Gasteiger charge is -2.06. The molecule has 3 aromatic rings. The number of nitrogens with one attached hydrogen (secondary N) is 2. The Balaban J connectivity index is 1.38. The van der Waals surface area contributed by atoms with Crippen molar-refractivity contribution < 1.29 is 9.59 Å². The number of nitrogens with zero attached hydrogens (tertiary/aromatic N) is 2. The number of benzene rings is 2. The summed E-state index contributed by atoms with van der Waals surface area (Å²) in [6.07, 6.45) is 8.76. The average molecular weight is 372 g/mol. The quantitative estimate of drug-likeness (QED) is 0.651. The van der Waals surface area contributed by atoms with Gasteiger partial charge in [-0.3, -0.25) is 9.59 Å². The highest BCUT2D eigenvalue weighted by Gasteiger charge is 2.23. The van der Waals surface area contributed by atoms with Gasteiger partial charge in [-0.25, -0.2) is 4.68 Å². The maximum Gasteiger partial charge on any atom is 0.251 e. The van der Waals surface area contributed by atoms with Crippen molar-refractivity contribution in [2.45, 2.75) is 18.9 Å². The van der Waals surface area contributed by atoms with Crippen LogP contribution >= 0.6 is 0 Å². The molecule has 2 amide bonds. The van der Waals surface area contributed by atoms with Gasteiger partial charge >= 0.3 is 0 Å². The van der Waals surface area contributed by atoms with Crippen LogP contribution < -0.4 is 10.6 Å². The predicted octanol–water partition coefficient (Wildman–Crippen LogP) is 3.42. The van der Waals surface area contributed by atoms with Crippen LogP contribution in [0.4, 0.5) is 5.69 Å². The zero-order valence-electron chi connectivity index (χ0n) is 15.2. The summed E-state index contributed by atoms with van der Waals surface area (Å²) in [6.45, 7) is 0. The minimum Gasteiger partial charge on any atom is -0.349 e. The minimum absolute atomic E-state index is 0.109. The van der Waals surface area contributed by atoms with Crippen molar-refractivity contribution in [3.8, 4) is 5.69 Å². The van der Waals surface area contributed by atoms with Gasteiger partial charge in [-0.2, -0.15) is 5.10 Å². The van der Waals surface area contributed by atoms with Crippen LogP contribution in [-0.2, 0) is 4.79 Å². The largest absolute Gasteiger partial charge is 0.349 e. The van der Waals surface area contributed by atoms with Crippen LogP contribution in [-0.4, -0.2) is 27.6 Å². The Morgan fingerprint density at radius 2 is 1.89 bits per heavy atom. The topological polar surface area (TPSA) is 76.0 Å². The van der Waals surface area contributed by atoms with Crippen molar-refractivity contribution in [1.82, 2.24) is 15.1 Å². The van der Waals surface area contributed by atoms with Crippen LogP contribution in [0.3, 0.4) is 0 Å². The van der Waals surface area contributed by atoms with Crippen molar-refractivity contribution in [2.24, 2.45) is 0 Å². The Kier molecular flexibility index (Phi) is 5.01. The number of para-hydroxylation sites is 1. The normalized spacial score (nSPS) is 13.4. The maximum absolute atomic E-state index is 12.2. The first-order chi connectivity index (χ1) is 13.7. The van der Waals surface area contributed by atoms with E-state index in [0.717, 1.165) is 24.1 Å². The summed E-state index contributed by atoms with van der Waals surface area (Å²) in [5.74, 6) is -0.380. The molecule has 0 unspecified atom stereocenters. The average Bonchev–Trinajstić information content (AvgIpc) is 3.40. The fraction of sp³-hybridized carbons (Fsp3) is 0.136. The molecule has 6 nitrogen and oxygen atoms in total. The second-order valence-electron chi connectivity index (χ2n) is 6.70. The Bertz CT molecular complexity index is 1020. The summed E-state index contributed by atoms with van der Waals surface area (Å²) in [4.78, 5) is 24.3. The molecule has 0 bridgehead atoms. The fourth-order valence-corrected chi connectivity index (χ4v) is 2.74. The van der Waals surface area contributed by atoms with Crippen molar-refractivity contribution in [3.05, 3.63) is 84.2 Å². The first-order valence-corrected chi connectivity index (χ1v) is 9.17. The van der Waals surface area contributed by atoms with Crippen LogP contribution in [0, 0.1) is 0 Å². The Hall–Kier alpha value is -3.67. The highest BCUT2D eigenvalue weighted by molar-refractivity contribution is 6.03. The highest BCUT2D eigenvalue weighted by atomic mass is 16.2. The van der Waals surface area contributed by atoms with Crippen molar-refractivity contribution in [1.29, 1.82) is 0 Å². The van der Waals surface area contributed by atoms with E-state index in [1.165, 1.54) is 6.08 Å². The third kappa shape index (κ3) is 4.54. The number of carbonyl (C=O) groups is 2. The number of rotatable bonds is 6. The summed E-state index contributed by atoms with van der Waals surface area (Å²) in [7, 11) is 0. The van der Waals surface area contributed by atoms with E-state index in [1.54, 1.807) is 41.2 Å². The molecule has 28 heavy (non-hydrogen) atoms. The van der Waals surface area contributed by atoms with Gasteiger partial charge in [-0.1, -0.05) is 24.3 Å². The molecular formula is C22H20N4O2. The second-order valence-corrected chi connectivity index (χ2v) is 6.70. The molecule has 1 saturated carbocycles. The van der Waals surface area contributed by atoms with Crippen LogP contribution in [0.1, 0.15) is 28.8 Å². The summed E-state index contributed by atoms with van der Waals surface area (Å²) >= 11 is 0. The molecular weight excluding hydrogens is 352 g/mol. The molecule has 1 fully saturated rings. The molecule has 0 saturated heterocycles. The van der Waals surface area contributed by atoms with Gasteiger partial charge in [0.25, 0.3) is 5.91 Å². The Labute approximate surface area is 162 Å². The summed E-state index contributed by atoms with van der Waals surface area (Å²) in [5, 5.41) is 10.0. The number of hydrogen-bond acceptors (Lipinski definition) is 3. The number of anilines is 1. The third-order valence-electron chi connectivity index (χ3n) is 4.36. The Morgan fingerprint density at radius 3 is 2.68 bits per heavy atom. The molecule has 1 aliphatic carbocycles. The number of aromatic nitrogens is 2. The monoisotopic (exact) mass is 372 g/mol. The zero-order valence-corrected chi connectivity index (χ0v) is 15.2. The molecule has 4 rings (SSSR count). The van der Waals surface area contributed by atoms with Crippen LogP contribution in [0.5, 0.6) is 0 Å². The molecule has 1 aromatic heterocycles. The lowest BCUT2D eigenvalue weighted by Crippen LogP contribution is -2.25. The van der Waals surface area contributed by atoms with Crippen LogP contribution in [0.25, 0.3) is 11.8 Å². The van der Waals surface area contributed by atoms with Gasteiger partial charge < -0.3 is 10.6 Å². The number of amides is 2. The maximum atomic E-state index is 12.2. The van der Waals surface area contributed by atoms with Crippen molar-refractivity contribution in [3.63, 3.8) is 0 Å². The SMILES string of the molecule is O=C(/C=C/c1cnn(-c2ccccc2)c1)Nc1cccc(C(=O)NC2CC2)c1. The number of hydrogen-bond donors (Lipinski definition) is 2. The van der Waals surface area contributed by atoms with Crippen molar-refractivity contribution in [2.75, 3.05) is 5.32 Å². The van der Waals surface area contributed by atoms with Gasteiger partial charge in [0.15, 0.2) is 0 Å². The second kappa shape index (κ2) is 7.92. The van der Waals surface area contributed by atoms with E-state index in [1.807, 2.05) is 36.5 Å². The van der Waals surface area contributed by atoms with Gasteiger partial charge in [-0.15, -0.1) is 0 Å². The van der Waals surface area contributed by atoms with E-state index in [-0.39, 0.29) is 11.8 Å². The van der Waals surface area contributed by atoms with Crippen LogP contribution in [0.15, 0.2) is 73.1 Å². The molecule has 6 heteroatoms. The number of carbonyl (C=O) groups excluding carboxylic acids is 2. The van der Waals surface area contributed by atoms with Crippen LogP contribution in [0.2, 0.25) is 0 Å². The predicted molar refractivity (Wildman–Crippen MR) is 108 cm³/mol. The molecule has 0 atom stereocenters. The van der Waals surface area contributed by atoms with Gasteiger partial charge in [0, 0.05) is 35.1 Å². The van der Waals surface area contributed by atoms with Gasteiger partial charge in [-0.05, 0) is 49.2 Å². The standard InChI is InChI=1S/C22H20N4O2/c27-21(12-9-16-14-23-26(15-16)20-7-2-1-3-8-20)24-19-6-4-5-17(13-19)22(28)25-18-10-11-18/h1-9,12-15,18H,10-11H2,(H,24,27)(H,25,28)/b12-9+. The molecule has 1 heterocycles. The fourth-order valence-electron chi connectivity index (χ4n) is 2.74. The lowest BCUT2D eigenvalue weighted by molar-refractivity contribution is -0.111. The van der Waals surface area contributed by atoms with E-state index in [4.69, 9.17) is 0 Å². The molecule has 0 spiro atoms. The molecule has 1 aliphatic rings. The highest BCUT2D eigenvalue weighted by Crippen LogP contribution is 2.20. The molecule has 2 aromatic carbocycles. The van der Waals surface area contributed by atoms with Gasteiger partial charge in [0.05, 0.1) is 11.9 Å². The molecule has 0 radical (unpaired) electrons. The van der Waals surface area contributed by atoms with Gasteiger partial charge in [0.2, 0.25) is 5.91 Å². The van der Waals surface area contributed by atoms with Crippen molar-refractivity contribution >= 4 is 23.6 Å². The first-order valence-electron chi connectivity index (χ1n) is 9.17. The van der Waals surface area contributed by atoms with Gasteiger partial charge in [0.1, 0.15) is 0 Å². The first kappa shape index (κ1) is 17.7. The third-order valence-corrected chi connectivity index (χ3v) is 4.36.